The number of carbonyl (C=O) groups is 1. The normalized spacial score (nSPS) is 19.6. The number of hydrogen-bond donors (Lipinski definition) is 1. The van der Waals surface area contributed by atoms with Gasteiger partial charge in [0.05, 0.1) is 0 Å². The van der Waals surface area contributed by atoms with E-state index in [4.69, 9.17) is 0 Å². The molecule has 1 aliphatic rings. The molecule has 1 saturated heterocycles. The molecule has 1 aromatic carbocycles. The predicted octanol–water partition coefficient (Wildman–Crippen LogP) is 3.92. The van der Waals surface area contributed by atoms with Gasteiger partial charge in [0, 0.05) is 43.8 Å². The van der Waals surface area contributed by atoms with Gasteiger partial charge in [-0.05, 0) is 36.3 Å². The Hall–Kier alpha value is -3.15. The first kappa shape index (κ1) is 19.2. The average Bonchev–Trinajstić information content (AvgIpc) is 3.22. The van der Waals surface area contributed by atoms with E-state index in [1.807, 2.05) is 27.8 Å². The first-order chi connectivity index (χ1) is 14.2. The summed E-state index contributed by atoms with van der Waals surface area (Å²) in [5.74, 6) is 0.790. The van der Waals surface area contributed by atoms with Crippen LogP contribution in [-0.2, 0) is 12.0 Å². The molecule has 29 heavy (non-hydrogen) atoms. The maximum atomic E-state index is 12.8. The summed E-state index contributed by atoms with van der Waals surface area (Å²) in [5, 5.41) is 3.08. The van der Waals surface area contributed by atoms with Crippen molar-refractivity contribution in [3.8, 4) is 5.82 Å². The van der Waals surface area contributed by atoms with Crippen molar-refractivity contribution in [3.05, 3.63) is 78.5 Å². The van der Waals surface area contributed by atoms with Crippen LogP contribution >= 0.6 is 0 Å². The van der Waals surface area contributed by atoms with Gasteiger partial charge >= 0.3 is 6.03 Å². The molecule has 150 valence electrons. The number of nitrogens with zero attached hydrogens (tertiary/aromatic N) is 4. The number of imidazole rings is 1. The summed E-state index contributed by atoms with van der Waals surface area (Å²) in [6, 6.07) is 14.5. The molecular weight excluding hydrogens is 362 g/mol. The molecule has 1 N–H and O–H groups in total. The highest BCUT2D eigenvalue weighted by atomic mass is 16.2. The van der Waals surface area contributed by atoms with E-state index in [9.17, 15) is 4.79 Å². The number of hydrogen-bond acceptors (Lipinski definition) is 3. The van der Waals surface area contributed by atoms with Gasteiger partial charge in [-0.15, -0.1) is 0 Å². The third-order valence-corrected chi connectivity index (χ3v) is 5.89. The Labute approximate surface area is 171 Å². The van der Waals surface area contributed by atoms with E-state index < -0.39 is 0 Å². The van der Waals surface area contributed by atoms with Gasteiger partial charge in [0.2, 0.25) is 0 Å². The van der Waals surface area contributed by atoms with Crippen molar-refractivity contribution in [2.45, 2.75) is 38.1 Å². The number of rotatable bonds is 4. The highest BCUT2D eigenvalue weighted by molar-refractivity contribution is 5.74. The van der Waals surface area contributed by atoms with Gasteiger partial charge in [-0.2, -0.15) is 0 Å². The van der Waals surface area contributed by atoms with Gasteiger partial charge in [0.25, 0.3) is 0 Å². The van der Waals surface area contributed by atoms with Crippen molar-refractivity contribution in [1.82, 2.24) is 24.8 Å². The van der Waals surface area contributed by atoms with Crippen LogP contribution in [0.4, 0.5) is 4.79 Å². The van der Waals surface area contributed by atoms with Crippen molar-refractivity contribution < 1.29 is 4.79 Å². The fourth-order valence-electron chi connectivity index (χ4n) is 4.08. The number of urea groups is 1. The first-order valence-electron chi connectivity index (χ1n) is 10.2. The largest absolute Gasteiger partial charge is 0.334 e. The molecule has 1 fully saturated rings. The van der Waals surface area contributed by atoms with E-state index in [-0.39, 0.29) is 11.4 Å². The second kappa shape index (κ2) is 8.47. The number of aromatic nitrogens is 3. The van der Waals surface area contributed by atoms with Gasteiger partial charge in [-0.3, -0.25) is 4.57 Å². The topological polar surface area (TPSA) is 63.1 Å². The standard InChI is InChI=1S/C23H27N5O/c1-23(20-8-3-2-4-9-20)10-6-14-27(15-11-23)22(29)26-17-19-7-5-12-25-21(19)28-16-13-24-18-28/h2-5,7-9,12-13,16,18H,6,10-11,14-15,17H2,1H3,(H,26,29). The maximum Gasteiger partial charge on any atom is 0.317 e. The van der Waals surface area contributed by atoms with Crippen LogP contribution in [0.1, 0.15) is 37.3 Å². The molecule has 0 saturated carbocycles. The quantitative estimate of drug-likeness (QED) is 0.736. The fourth-order valence-corrected chi connectivity index (χ4v) is 4.08. The van der Waals surface area contributed by atoms with E-state index >= 15 is 0 Å². The lowest BCUT2D eigenvalue weighted by Crippen LogP contribution is -2.40. The SMILES string of the molecule is CC1(c2ccccc2)CCCN(C(=O)NCc2cccnc2-n2ccnc2)CC1. The van der Waals surface area contributed by atoms with E-state index in [1.54, 1.807) is 18.7 Å². The zero-order valence-corrected chi connectivity index (χ0v) is 16.8. The monoisotopic (exact) mass is 389 g/mol. The van der Waals surface area contributed by atoms with Crippen LogP contribution in [-0.4, -0.2) is 38.6 Å². The van der Waals surface area contributed by atoms with E-state index in [1.165, 1.54) is 5.56 Å². The maximum absolute atomic E-state index is 12.8. The summed E-state index contributed by atoms with van der Waals surface area (Å²) in [7, 11) is 0. The van der Waals surface area contributed by atoms with Crippen LogP contribution in [0.5, 0.6) is 0 Å². The van der Waals surface area contributed by atoms with Crippen molar-refractivity contribution in [3.63, 3.8) is 0 Å². The number of pyridine rings is 1. The van der Waals surface area contributed by atoms with Crippen LogP contribution in [0.2, 0.25) is 0 Å². The Balaban J connectivity index is 1.39. The number of amides is 2. The second-order valence-electron chi connectivity index (χ2n) is 7.88. The number of benzene rings is 1. The molecule has 1 aliphatic heterocycles. The average molecular weight is 390 g/mol. The molecule has 4 rings (SSSR count). The van der Waals surface area contributed by atoms with Crippen molar-refractivity contribution >= 4 is 6.03 Å². The lowest BCUT2D eigenvalue weighted by Gasteiger charge is -2.29. The molecule has 3 heterocycles. The van der Waals surface area contributed by atoms with E-state index in [0.717, 1.165) is 43.7 Å². The van der Waals surface area contributed by atoms with E-state index in [0.29, 0.717) is 6.54 Å². The minimum atomic E-state index is -0.0113. The zero-order chi connectivity index (χ0) is 20.1. The van der Waals surface area contributed by atoms with E-state index in [2.05, 4.69) is 52.5 Å². The van der Waals surface area contributed by atoms with Crippen LogP contribution in [0, 0.1) is 0 Å². The third-order valence-electron chi connectivity index (χ3n) is 5.89. The van der Waals surface area contributed by atoms with Gasteiger partial charge in [-0.25, -0.2) is 14.8 Å². The molecule has 1 unspecified atom stereocenters. The molecule has 0 aliphatic carbocycles. The summed E-state index contributed by atoms with van der Waals surface area (Å²) >= 11 is 0. The molecule has 0 bridgehead atoms. The summed E-state index contributed by atoms with van der Waals surface area (Å²) in [5.41, 5.74) is 2.44. The number of nitrogens with one attached hydrogen (secondary N) is 1. The highest BCUT2D eigenvalue weighted by Gasteiger charge is 2.30. The Kier molecular flexibility index (Phi) is 5.60. The van der Waals surface area contributed by atoms with Crippen molar-refractivity contribution in [2.24, 2.45) is 0 Å². The Morgan fingerprint density at radius 2 is 1.97 bits per heavy atom. The van der Waals surface area contributed by atoms with Gasteiger partial charge in [0.15, 0.2) is 0 Å². The number of carbonyl (C=O) groups excluding carboxylic acids is 1. The molecule has 3 aromatic rings. The Bertz CT molecular complexity index is 941. The molecule has 0 radical (unpaired) electrons. The lowest BCUT2D eigenvalue weighted by atomic mass is 9.76. The van der Waals surface area contributed by atoms with Crippen molar-refractivity contribution in [1.29, 1.82) is 0 Å². The van der Waals surface area contributed by atoms with Gasteiger partial charge < -0.3 is 10.2 Å². The van der Waals surface area contributed by atoms with Crippen LogP contribution in [0.3, 0.4) is 0 Å². The summed E-state index contributed by atoms with van der Waals surface area (Å²) in [6.07, 6.45) is 10.1. The highest BCUT2D eigenvalue weighted by Crippen LogP contribution is 2.34. The second-order valence-corrected chi connectivity index (χ2v) is 7.88. The van der Waals surface area contributed by atoms with Crippen LogP contribution in [0.15, 0.2) is 67.4 Å². The molecule has 2 aromatic heterocycles. The molecule has 2 amide bonds. The minimum Gasteiger partial charge on any atom is -0.334 e. The fraction of sp³-hybridized carbons (Fsp3) is 0.348. The minimum absolute atomic E-state index is 0.0113. The zero-order valence-electron chi connectivity index (χ0n) is 16.8. The Morgan fingerprint density at radius 1 is 1.10 bits per heavy atom. The predicted molar refractivity (Wildman–Crippen MR) is 113 cm³/mol. The van der Waals surface area contributed by atoms with Crippen LogP contribution in [0.25, 0.3) is 5.82 Å². The summed E-state index contributed by atoms with van der Waals surface area (Å²) in [4.78, 5) is 23.3. The lowest BCUT2D eigenvalue weighted by molar-refractivity contribution is 0.198. The van der Waals surface area contributed by atoms with Crippen LogP contribution < -0.4 is 5.32 Å². The molecule has 0 spiro atoms. The Morgan fingerprint density at radius 3 is 2.76 bits per heavy atom. The molecular formula is C23H27N5O. The molecule has 1 atom stereocenters. The molecule has 6 heteroatoms. The third kappa shape index (κ3) is 4.31. The van der Waals surface area contributed by atoms with Gasteiger partial charge in [-0.1, -0.05) is 43.3 Å². The van der Waals surface area contributed by atoms with Gasteiger partial charge in [0.1, 0.15) is 12.1 Å². The summed E-state index contributed by atoms with van der Waals surface area (Å²) < 4.78 is 1.86. The molecule has 6 nitrogen and oxygen atoms in total. The van der Waals surface area contributed by atoms with Crippen molar-refractivity contribution in [2.75, 3.05) is 13.1 Å². The first-order valence-corrected chi connectivity index (χ1v) is 10.2. The number of likely N-dealkylation sites (tertiary alicyclic amines) is 1. The smallest absolute Gasteiger partial charge is 0.317 e. The summed E-state index contributed by atoms with van der Waals surface area (Å²) in [6.45, 7) is 4.30.